The van der Waals surface area contributed by atoms with E-state index >= 15 is 0 Å². The SMILES string of the molecule is Cc1ccc([C@@H]2[C@@H](N)CC(=O)N2C(C)C)cn1. The van der Waals surface area contributed by atoms with Gasteiger partial charge >= 0.3 is 0 Å². The van der Waals surface area contributed by atoms with Crippen molar-refractivity contribution in [2.45, 2.75) is 45.3 Å². The van der Waals surface area contributed by atoms with Crippen LogP contribution >= 0.6 is 0 Å². The summed E-state index contributed by atoms with van der Waals surface area (Å²) in [4.78, 5) is 18.1. The molecule has 1 aliphatic rings. The lowest BCUT2D eigenvalue weighted by Gasteiger charge is -2.30. The van der Waals surface area contributed by atoms with Crippen LogP contribution in [0.25, 0.3) is 0 Å². The zero-order chi connectivity index (χ0) is 12.6. The van der Waals surface area contributed by atoms with Crippen molar-refractivity contribution in [2.24, 2.45) is 5.73 Å². The molecule has 2 heterocycles. The van der Waals surface area contributed by atoms with Crippen molar-refractivity contribution in [3.8, 4) is 0 Å². The summed E-state index contributed by atoms with van der Waals surface area (Å²) in [5, 5.41) is 0. The number of carbonyl (C=O) groups is 1. The van der Waals surface area contributed by atoms with E-state index in [-0.39, 0.29) is 24.0 Å². The number of rotatable bonds is 2. The molecule has 0 bridgehead atoms. The maximum Gasteiger partial charge on any atom is 0.225 e. The normalized spacial score (nSPS) is 24.8. The third kappa shape index (κ3) is 2.17. The molecule has 2 N–H and O–H groups in total. The molecule has 0 saturated carbocycles. The first-order valence-electron chi connectivity index (χ1n) is 6.00. The van der Waals surface area contributed by atoms with Crippen molar-refractivity contribution < 1.29 is 4.79 Å². The Morgan fingerprint density at radius 3 is 2.71 bits per heavy atom. The second kappa shape index (κ2) is 4.45. The number of aryl methyl sites for hydroxylation is 1. The van der Waals surface area contributed by atoms with Gasteiger partial charge in [-0.05, 0) is 32.4 Å². The summed E-state index contributed by atoms with van der Waals surface area (Å²) in [5.74, 6) is 0.137. The summed E-state index contributed by atoms with van der Waals surface area (Å²) in [7, 11) is 0. The van der Waals surface area contributed by atoms with E-state index in [1.165, 1.54) is 0 Å². The smallest absolute Gasteiger partial charge is 0.225 e. The number of nitrogens with two attached hydrogens (primary N) is 1. The maximum absolute atomic E-state index is 11.9. The molecular weight excluding hydrogens is 214 g/mol. The number of likely N-dealkylation sites (tertiary alicyclic amines) is 1. The topological polar surface area (TPSA) is 59.2 Å². The number of aromatic nitrogens is 1. The molecule has 1 aromatic rings. The van der Waals surface area contributed by atoms with Crippen LogP contribution in [0.4, 0.5) is 0 Å². The van der Waals surface area contributed by atoms with Crippen LogP contribution < -0.4 is 5.73 Å². The summed E-state index contributed by atoms with van der Waals surface area (Å²) in [6, 6.07) is 3.98. The predicted molar refractivity (Wildman–Crippen MR) is 66.3 cm³/mol. The van der Waals surface area contributed by atoms with Gasteiger partial charge in [0.15, 0.2) is 0 Å². The molecule has 0 spiro atoms. The van der Waals surface area contributed by atoms with Crippen LogP contribution in [0.3, 0.4) is 0 Å². The van der Waals surface area contributed by atoms with Crippen molar-refractivity contribution in [1.82, 2.24) is 9.88 Å². The van der Waals surface area contributed by atoms with E-state index in [1.54, 1.807) is 0 Å². The second-order valence-corrected chi connectivity index (χ2v) is 4.94. The molecule has 0 aliphatic carbocycles. The third-order valence-corrected chi connectivity index (χ3v) is 3.24. The van der Waals surface area contributed by atoms with E-state index in [0.29, 0.717) is 6.42 Å². The number of hydrogen-bond acceptors (Lipinski definition) is 3. The minimum atomic E-state index is -0.130. The van der Waals surface area contributed by atoms with Crippen molar-refractivity contribution >= 4 is 5.91 Å². The zero-order valence-electron chi connectivity index (χ0n) is 10.6. The molecule has 2 rings (SSSR count). The van der Waals surface area contributed by atoms with Gasteiger partial charge in [-0.3, -0.25) is 9.78 Å². The molecule has 1 saturated heterocycles. The van der Waals surface area contributed by atoms with Crippen molar-refractivity contribution in [3.63, 3.8) is 0 Å². The van der Waals surface area contributed by atoms with Gasteiger partial charge in [0.2, 0.25) is 5.91 Å². The predicted octanol–water partition coefficient (Wildman–Crippen LogP) is 1.40. The van der Waals surface area contributed by atoms with E-state index in [2.05, 4.69) is 4.98 Å². The number of nitrogens with zero attached hydrogens (tertiary/aromatic N) is 2. The van der Waals surface area contributed by atoms with Crippen LogP contribution in [0.2, 0.25) is 0 Å². The Balaban J connectivity index is 2.34. The van der Waals surface area contributed by atoms with Gasteiger partial charge in [0.1, 0.15) is 0 Å². The van der Waals surface area contributed by atoms with E-state index < -0.39 is 0 Å². The summed E-state index contributed by atoms with van der Waals surface area (Å²) in [6.07, 6.45) is 2.25. The molecule has 4 nitrogen and oxygen atoms in total. The highest BCUT2D eigenvalue weighted by atomic mass is 16.2. The lowest BCUT2D eigenvalue weighted by atomic mass is 10.0. The van der Waals surface area contributed by atoms with Gasteiger partial charge in [0.25, 0.3) is 0 Å². The van der Waals surface area contributed by atoms with Gasteiger partial charge in [-0.1, -0.05) is 6.07 Å². The van der Waals surface area contributed by atoms with Gasteiger partial charge < -0.3 is 10.6 Å². The largest absolute Gasteiger partial charge is 0.332 e. The van der Waals surface area contributed by atoms with Gasteiger partial charge in [-0.25, -0.2) is 0 Å². The van der Waals surface area contributed by atoms with Crippen LogP contribution in [0.1, 0.15) is 37.6 Å². The molecule has 0 unspecified atom stereocenters. The molecule has 0 radical (unpaired) electrons. The Morgan fingerprint density at radius 1 is 1.47 bits per heavy atom. The van der Waals surface area contributed by atoms with Crippen LogP contribution in [0.5, 0.6) is 0 Å². The number of pyridine rings is 1. The molecule has 0 aromatic carbocycles. The fraction of sp³-hybridized carbons (Fsp3) is 0.538. The average Bonchev–Trinajstić information content (AvgIpc) is 2.55. The fourth-order valence-corrected chi connectivity index (χ4v) is 2.45. The highest BCUT2D eigenvalue weighted by molar-refractivity contribution is 5.80. The summed E-state index contributed by atoms with van der Waals surface area (Å²) < 4.78 is 0. The fourth-order valence-electron chi connectivity index (χ4n) is 2.45. The van der Waals surface area contributed by atoms with Crippen molar-refractivity contribution in [2.75, 3.05) is 0 Å². The monoisotopic (exact) mass is 233 g/mol. The van der Waals surface area contributed by atoms with Gasteiger partial charge in [-0.2, -0.15) is 0 Å². The Bertz CT molecular complexity index is 413. The Hall–Kier alpha value is -1.42. The molecule has 1 aliphatic heterocycles. The van der Waals surface area contributed by atoms with Crippen LogP contribution in [0.15, 0.2) is 18.3 Å². The third-order valence-electron chi connectivity index (χ3n) is 3.24. The van der Waals surface area contributed by atoms with E-state index in [4.69, 9.17) is 5.73 Å². The lowest BCUT2D eigenvalue weighted by molar-refractivity contribution is -0.130. The first kappa shape index (κ1) is 12.0. The van der Waals surface area contributed by atoms with Crippen molar-refractivity contribution in [1.29, 1.82) is 0 Å². The highest BCUT2D eigenvalue weighted by Crippen LogP contribution is 2.33. The summed E-state index contributed by atoms with van der Waals surface area (Å²) in [5.41, 5.74) is 8.08. The van der Waals surface area contributed by atoms with E-state index in [1.807, 2.05) is 44.0 Å². The van der Waals surface area contributed by atoms with Crippen LogP contribution in [-0.2, 0) is 4.79 Å². The molecular formula is C13H19N3O. The van der Waals surface area contributed by atoms with E-state index in [0.717, 1.165) is 11.3 Å². The van der Waals surface area contributed by atoms with Gasteiger partial charge in [0, 0.05) is 30.4 Å². The van der Waals surface area contributed by atoms with Gasteiger partial charge in [0.05, 0.1) is 6.04 Å². The Kier molecular flexibility index (Phi) is 3.15. The quantitative estimate of drug-likeness (QED) is 0.840. The Labute approximate surface area is 102 Å². The molecule has 17 heavy (non-hydrogen) atoms. The van der Waals surface area contributed by atoms with Gasteiger partial charge in [-0.15, -0.1) is 0 Å². The number of hydrogen-bond donors (Lipinski definition) is 1. The minimum absolute atomic E-state index is 0.0319. The molecule has 1 aromatic heterocycles. The number of amides is 1. The van der Waals surface area contributed by atoms with Crippen molar-refractivity contribution in [3.05, 3.63) is 29.6 Å². The second-order valence-electron chi connectivity index (χ2n) is 4.94. The maximum atomic E-state index is 11.9. The molecule has 2 atom stereocenters. The lowest BCUT2D eigenvalue weighted by Crippen LogP contribution is -2.37. The zero-order valence-corrected chi connectivity index (χ0v) is 10.6. The number of carbonyl (C=O) groups excluding carboxylic acids is 1. The first-order valence-corrected chi connectivity index (χ1v) is 6.00. The summed E-state index contributed by atoms with van der Waals surface area (Å²) in [6.45, 7) is 5.98. The molecule has 1 amide bonds. The van der Waals surface area contributed by atoms with E-state index in [9.17, 15) is 4.79 Å². The molecule has 1 fully saturated rings. The standard InChI is InChI=1S/C13H19N3O/c1-8(2)16-12(17)6-11(14)13(16)10-5-4-9(3)15-7-10/h4-5,7-8,11,13H,6,14H2,1-3H3/t11-,13+/m0/s1. The molecule has 92 valence electrons. The first-order chi connectivity index (χ1) is 8.00. The summed E-state index contributed by atoms with van der Waals surface area (Å²) >= 11 is 0. The highest BCUT2D eigenvalue weighted by Gasteiger charge is 2.39. The minimum Gasteiger partial charge on any atom is -0.332 e. The Morgan fingerprint density at radius 2 is 2.18 bits per heavy atom. The average molecular weight is 233 g/mol. The van der Waals surface area contributed by atoms with Crippen LogP contribution in [-0.4, -0.2) is 27.9 Å². The van der Waals surface area contributed by atoms with Crippen LogP contribution in [0, 0.1) is 6.92 Å². The molecule has 4 heteroatoms.